The number of phenolic OH excluding ortho intramolecular Hbond substituents is 1. The lowest BCUT2D eigenvalue weighted by molar-refractivity contribution is 0.423. The van der Waals surface area contributed by atoms with E-state index in [1.165, 1.54) is 10.5 Å². The van der Waals surface area contributed by atoms with E-state index in [1.54, 1.807) is 6.26 Å². The maximum absolute atomic E-state index is 10.9. The number of nitrogens with zero attached hydrogens (tertiary/aromatic N) is 1. The molecule has 0 aliphatic carbocycles. The highest BCUT2D eigenvalue weighted by Crippen LogP contribution is 2.41. The van der Waals surface area contributed by atoms with Gasteiger partial charge in [0.1, 0.15) is 12.0 Å². The molecule has 3 aromatic rings. The molecule has 0 unspecified atom stereocenters. The van der Waals surface area contributed by atoms with Crippen molar-refractivity contribution in [1.82, 2.24) is 4.98 Å². The molecule has 3 rings (SSSR count). The Balaban J connectivity index is 1.82. The highest BCUT2D eigenvalue weighted by atomic mass is 32.2. The molecule has 0 spiro atoms. The standard InChI is InChI=1S/C26H33NO2S/c1-17-8-10-20(11-9-17)30-13-12-19-16-29-24(27-19)18-14-21(25(2,3)4)23(28)22(15-18)26(5,6)7/h8-11,14-16,28H,12-13H2,1-7H3. The number of thioether (sulfide) groups is 1. The van der Waals surface area contributed by atoms with Crippen LogP contribution in [-0.4, -0.2) is 15.8 Å². The molecule has 0 amide bonds. The second-order valence-corrected chi connectivity index (χ2v) is 11.1. The third-order valence-electron chi connectivity index (χ3n) is 5.17. The average Bonchev–Trinajstić information content (AvgIpc) is 3.10. The predicted octanol–water partition coefficient (Wildman–Crippen LogP) is 7.29. The third-order valence-corrected chi connectivity index (χ3v) is 6.19. The molecule has 1 aromatic heterocycles. The minimum Gasteiger partial charge on any atom is -0.507 e. The summed E-state index contributed by atoms with van der Waals surface area (Å²) in [5.74, 6) is 1.94. The second kappa shape index (κ2) is 8.50. The van der Waals surface area contributed by atoms with Crippen LogP contribution in [0.15, 0.2) is 52.0 Å². The lowest BCUT2D eigenvalue weighted by Gasteiger charge is -2.27. The summed E-state index contributed by atoms with van der Waals surface area (Å²) in [6.07, 6.45) is 2.60. The van der Waals surface area contributed by atoms with Gasteiger partial charge in [-0.25, -0.2) is 4.98 Å². The fourth-order valence-electron chi connectivity index (χ4n) is 3.36. The summed E-state index contributed by atoms with van der Waals surface area (Å²) in [4.78, 5) is 6.01. The van der Waals surface area contributed by atoms with Crippen LogP contribution in [0.3, 0.4) is 0 Å². The van der Waals surface area contributed by atoms with E-state index in [0.717, 1.165) is 34.6 Å². The Hall–Kier alpha value is -2.20. The van der Waals surface area contributed by atoms with Gasteiger partial charge >= 0.3 is 0 Å². The molecule has 3 nitrogen and oxygen atoms in total. The van der Waals surface area contributed by atoms with E-state index >= 15 is 0 Å². The van der Waals surface area contributed by atoms with Gasteiger partial charge < -0.3 is 9.52 Å². The minimum absolute atomic E-state index is 0.180. The van der Waals surface area contributed by atoms with Crippen molar-refractivity contribution in [2.75, 3.05) is 5.75 Å². The quantitative estimate of drug-likeness (QED) is 0.438. The first-order valence-electron chi connectivity index (χ1n) is 10.5. The second-order valence-electron chi connectivity index (χ2n) is 9.98. The largest absolute Gasteiger partial charge is 0.507 e. The van der Waals surface area contributed by atoms with Gasteiger partial charge in [-0.05, 0) is 42.0 Å². The first-order valence-corrected chi connectivity index (χ1v) is 11.5. The van der Waals surface area contributed by atoms with Gasteiger partial charge in [-0.1, -0.05) is 59.2 Å². The van der Waals surface area contributed by atoms with Crippen LogP contribution in [0.1, 0.15) is 63.9 Å². The van der Waals surface area contributed by atoms with Crippen molar-refractivity contribution in [1.29, 1.82) is 0 Å². The summed E-state index contributed by atoms with van der Waals surface area (Å²) in [5, 5.41) is 10.9. The number of aromatic hydroxyl groups is 1. The molecule has 0 atom stereocenters. The zero-order valence-corrected chi connectivity index (χ0v) is 20.0. The minimum atomic E-state index is -0.180. The van der Waals surface area contributed by atoms with Crippen LogP contribution in [0.4, 0.5) is 0 Å². The van der Waals surface area contributed by atoms with Crippen molar-refractivity contribution in [2.24, 2.45) is 0 Å². The molecule has 4 heteroatoms. The predicted molar refractivity (Wildman–Crippen MR) is 127 cm³/mol. The number of hydrogen-bond acceptors (Lipinski definition) is 4. The molecular weight excluding hydrogens is 390 g/mol. The molecule has 0 bridgehead atoms. The number of rotatable bonds is 5. The van der Waals surface area contributed by atoms with E-state index < -0.39 is 0 Å². The summed E-state index contributed by atoms with van der Waals surface area (Å²) < 4.78 is 5.84. The van der Waals surface area contributed by atoms with Crippen molar-refractivity contribution >= 4 is 11.8 Å². The van der Waals surface area contributed by atoms with Crippen molar-refractivity contribution in [3.05, 3.63) is 65.0 Å². The monoisotopic (exact) mass is 423 g/mol. The van der Waals surface area contributed by atoms with E-state index in [9.17, 15) is 5.11 Å². The van der Waals surface area contributed by atoms with Crippen molar-refractivity contribution < 1.29 is 9.52 Å². The molecule has 2 aromatic carbocycles. The van der Waals surface area contributed by atoms with Crippen LogP contribution >= 0.6 is 11.8 Å². The zero-order valence-electron chi connectivity index (χ0n) is 19.2. The van der Waals surface area contributed by atoms with Crippen LogP contribution < -0.4 is 0 Å². The van der Waals surface area contributed by atoms with E-state index in [1.807, 2.05) is 23.9 Å². The number of phenols is 1. The van der Waals surface area contributed by atoms with E-state index in [0.29, 0.717) is 11.6 Å². The molecule has 30 heavy (non-hydrogen) atoms. The van der Waals surface area contributed by atoms with Gasteiger partial charge in [0.05, 0.1) is 5.69 Å². The average molecular weight is 424 g/mol. The number of aryl methyl sites for hydroxylation is 2. The highest BCUT2D eigenvalue weighted by molar-refractivity contribution is 7.99. The van der Waals surface area contributed by atoms with Crippen LogP contribution in [0, 0.1) is 6.92 Å². The molecule has 0 aliphatic rings. The SMILES string of the molecule is Cc1ccc(SCCc2coc(-c3cc(C(C)(C)C)c(O)c(C(C)(C)C)c3)n2)cc1. The number of hydrogen-bond donors (Lipinski definition) is 1. The molecule has 160 valence electrons. The van der Waals surface area contributed by atoms with Gasteiger partial charge in [0.2, 0.25) is 5.89 Å². The smallest absolute Gasteiger partial charge is 0.226 e. The Morgan fingerprint density at radius 1 is 0.933 bits per heavy atom. The number of aromatic nitrogens is 1. The molecule has 1 heterocycles. The molecule has 0 fully saturated rings. The maximum Gasteiger partial charge on any atom is 0.226 e. The summed E-state index contributed by atoms with van der Waals surface area (Å²) in [7, 11) is 0. The number of oxazole rings is 1. The van der Waals surface area contributed by atoms with Gasteiger partial charge in [-0.15, -0.1) is 11.8 Å². The van der Waals surface area contributed by atoms with Gasteiger partial charge in [0, 0.05) is 33.8 Å². The first-order chi connectivity index (χ1) is 13.9. The van der Waals surface area contributed by atoms with Gasteiger partial charge in [0.25, 0.3) is 0 Å². The van der Waals surface area contributed by atoms with Gasteiger partial charge in [-0.2, -0.15) is 0 Å². The Morgan fingerprint density at radius 3 is 2.03 bits per heavy atom. The van der Waals surface area contributed by atoms with Gasteiger partial charge in [-0.3, -0.25) is 0 Å². The van der Waals surface area contributed by atoms with Crippen molar-refractivity contribution in [3.63, 3.8) is 0 Å². The van der Waals surface area contributed by atoms with Crippen LogP contribution in [0.2, 0.25) is 0 Å². The zero-order chi connectivity index (χ0) is 22.1. The molecular formula is C26H33NO2S. The van der Waals surface area contributed by atoms with E-state index in [4.69, 9.17) is 9.40 Å². The lowest BCUT2D eigenvalue weighted by Crippen LogP contribution is -2.17. The van der Waals surface area contributed by atoms with Crippen LogP contribution in [0.5, 0.6) is 5.75 Å². The maximum atomic E-state index is 10.9. The third kappa shape index (κ3) is 5.28. The Labute approximate surface area is 184 Å². The molecule has 0 aliphatic heterocycles. The van der Waals surface area contributed by atoms with E-state index in [2.05, 4.69) is 72.7 Å². The fraction of sp³-hybridized carbons (Fsp3) is 0.423. The van der Waals surface area contributed by atoms with Crippen molar-refractivity contribution in [2.45, 2.75) is 70.6 Å². The summed E-state index contributed by atoms with van der Waals surface area (Å²) in [6.45, 7) is 14.8. The molecule has 1 N–H and O–H groups in total. The van der Waals surface area contributed by atoms with Crippen molar-refractivity contribution in [3.8, 4) is 17.2 Å². The highest BCUT2D eigenvalue weighted by Gasteiger charge is 2.27. The van der Waals surface area contributed by atoms with E-state index in [-0.39, 0.29) is 10.8 Å². The first kappa shape index (κ1) is 22.5. The Morgan fingerprint density at radius 2 is 1.50 bits per heavy atom. The van der Waals surface area contributed by atoms with Crippen LogP contribution in [0.25, 0.3) is 11.5 Å². The molecule has 0 radical (unpaired) electrons. The topological polar surface area (TPSA) is 46.3 Å². The fourth-order valence-corrected chi connectivity index (χ4v) is 4.24. The summed E-state index contributed by atoms with van der Waals surface area (Å²) in [6, 6.07) is 12.6. The summed E-state index contributed by atoms with van der Waals surface area (Å²) >= 11 is 1.83. The number of benzene rings is 2. The summed E-state index contributed by atoms with van der Waals surface area (Å²) in [5.41, 5.74) is 4.62. The Bertz CT molecular complexity index is 970. The lowest BCUT2D eigenvalue weighted by atomic mass is 9.78. The normalized spacial score (nSPS) is 12.4. The van der Waals surface area contributed by atoms with Crippen LogP contribution in [-0.2, 0) is 17.3 Å². The van der Waals surface area contributed by atoms with Gasteiger partial charge in [0.15, 0.2) is 0 Å². The molecule has 0 saturated carbocycles. The Kier molecular flexibility index (Phi) is 6.37. The molecule has 0 saturated heterocycles.